The molecule has 0 aliphatic heterocycles. The van der Waals surface area contributed by atoms with E-state index in [2.05, 4.69) is 39.0 Å². The third-order valence-corrected chi connectivity index (χ3v) is 2.06. The smallest absolute Gasteiger partial charge is 0.0628 e. The molecule has 12 heavy (non-hydrogen) atoms. The zero-order valence-corrected chi connectivity index (χ0v) is 8.46. The van der Waals surface area contributed by atoms with Crippen molar-refractivity contribution in [2.45, 2.75) is 46.6 Å². The van der Waals surface area contributed by atoms with Gasteiger partial charge in [0.1, 0.15) is 0 Å². The molecule has 0 atom stereocenters. The standard InChI is InChI=1S/C10H18N2/c1-5-6-12-7-10(8(2)3)9(4)11-12/h7-8H,5-6H2,1-4H3. The van der Waals surface area contributed by atoms with Crippen LogP contribution in [0, 0.1) is 6.92 Å². The number of hydrogen-bond acceptors (Lipinski definition) is 1. The van der Waals surface area contributed by atoms with E-state index < -0.39 is 0 Å². The number of aryl methyl sites for hydroxylation is 2. The maximum absolute atomic E-state index is 4.44. The molecule has 0 aliphatic carbocycles. The van der Waals surface area contributed by atoms with E-state index >= 15 is 0 Å². The van der Waals surface area contributed by atoms with Crippen LogP contribution in [-0.2, 0) is 6.54 Å². The Kier molecular flexibility index (Phi) is 2.90. The lowest BCUT2D eigenvalue weighted by Crippen LogP contribution is -1.96. The van der Waals surface area contributed by atoms with E-state index in [0.717, 1.165) is 13.0 Å². The Morgan fingerprint density at radius 3 is 2.58 bits per heavy atom. The van der Waals surface area contributed by atoms with Crippen molar-refractivity contribution >= 4 is 0 Å². The minimum Gasteiger partial charge on any atom is -0.272 e. The van der Waals surface area contributed by atoms with Gasteiger partial charge in [0.15, 0.2) is 0 Å². The summed E-state index contributed by atoms with van der Waals surface area (Å²) in [6.07, 6.45) is 3.32. The molecule has 2 nitrogen and oxygen atoms in total. The van der Waals surface area contributed by atoms with Gasteiger partial charge in [0.05, 0.1) is 5.69 Å². The van der Waals surface area contributed by atoms with Crippen molar-refractivity contribution in [2.24, 2.45) is 0 Å². The van der Waals surface area contributed by atoms with Crippen LogP contribution >= 0.6 is 0 Å². The SMILES string of the molecule is CCCn1cc(C(C)C)c(C)n1. The van der Waals surface area contributed by atoms with Crippen LogP contribution in [0.1, 0.15) is 44.4 Å². The lowest BCUT2D eigenvalue weighted by Gasteiger charge is -1.99. The summed E-state index contributed by atoms with van der Waals surface area (Å²) in [6, 6.07) is 0. The van der Waals surface area contributed by atoms with Crippen LogP contribution in [0.3, 0.4) is 0 Å². The molecule has 0 unspecified atom stereocenters. The van der Waals surface area contributed by atoms with E-state index in [9.17, 15) is 0 Å². The highest BCUT2D eigenvalue weighted by Crippen LogP contribution is 2.17. The average Bonchev–Trinajstić information content (AvgIpc) is 2.32. The Morgan fingerprint density at radius 1 is 1.50 bits per heavy atom. The van der Waals surface area contributed by atoms with Crippen molar-refractivity contribution in [3.8, 4) is 0 Å². The molecule has 0 N–H and O–H groups in total. The van der Waals surface area contributed by atoms with Crippen molar-refractivity contribution in [2.75, 3.05) is 0 Å². The molecule has 0 aromatic carbocycles. The van der Waals surface area contributed by atoms with Crippen molar-refractivity contribution in [1.82, 2.24) is 9.78 Å². The van der Waals surface area contributed by atoms with Crippen molar-refractivity contribution < 1.29 is 0 Å². The van der Waals surface area contributed by atoms with E-state index in [1.54, 1.807) is 0 Å². The molecule has 1 aromatic heterocycles. The van der Waals surface area contributed by atoms with Gasteiger partial charge in [0, 0.05) is 12.7 Å². The first-order valence-corrected chi connectivity index (χ1v) is 4.69. The normalized spacial score (nSPS) is 11.1. The molecule has 1 rings (SSSR count). The van der Waals surface area contributed by atoms with Gasteiger partial charge in [-0.3, -0.25) is 4.68 Å². The number of hydrogen-bond donors (Lipinski definition) is 0. The lowest BCUT2D eigenvalue weighted by atomic mass is 10.1. The van der Waals surface area contributed by atoms with Gasteiger partial charge in [0.25, 0.3) is 0 Å². The summed E-state index contributed by atoms with van der Waals surface area (Å²) in [5.74, 6) is 0.593. The van der Waals surface area contributed by atoms with Gasteiger partial charge >= 0.3 is 0 Å². The van der Waals surface area contributed by atoms with Gasteiger partial charge in [-0.25, -0.2) is 0 Å². The van der Waals surface area contributed by atoms with Crippen LogP contribution < -0.4 is 0 Å². The summed E-state index contributed by atoms with van der Waals surface area (Å²) >= 11 is 0. The largest absolute Gasteiger partial charge is 0.272 e. The van der Waals surface area contributed by atoms with E-state index in [4.69, 9.17) is 0 Å². The van der Waals surface area contributed by atoms with Crippen LogP contribution in [0.2, 0.25) is 0 Å². The third-order valence-electron chi connectivity index (χ3n) is 2.06. The van der Waals surface area contributed by atoms with E-state index in [0.29, 0.717) is 5.92 Å². The van der Waals surface area contributed by atoms with Crippen LogP contribution in [0.15, 0.2) is 6.20 Å². The number of rotatable bonds is 3. The quantitative estimate of drug-likeness (QED) is 0.675. The molecule has 0 amide bonds. The predicted octanol–water partition coefficient (Wildman–Crippen LogP) is 2.72. The molecule has 0 bridgehead atoms. The average molecular weight is 166 g/mol. The monoisotopic (exact) mass is 166 g/mol. The van der Waals surface area contributed by atoms with Crippen molar-refractivity contribution in [1.29, 1.82) is 0 Å². The van der Waals surface area contributed by atoms with Gasteiger partial charge in [-0.2, -0.15) is 5.10 Å². The first-order chi connectivity index (χ1) is 5.65. The molecule has 0 spiro atoms. The summed E-state index contributed by atoms with van der Waals surface area (Å²) in [7, 11) is 0. The minimum absolute atomic E-state index is 0.593. The van der Waals surface area contributed by atoms with Crippen LogP contribution in [0.4, 0.5) is 0 Å². The van der Waals surface area contributed by atoms with Crippen molar-refractivity contribution in [3.05, 3.63) is 17.5 Å². The van der Waals surface area contributed by atoms with Crippen molar-refractivity contribution in [3.63, 3.8) is 0 Å². The fourth-order valence-corrected chi connectivity index (χ4v) is 1.44. The molecule has 0 radical (unpaired) electrons. The molecule has 68 valence electrons. The highest BCUT2D eigenvalue weighted by atomic mass is 15.3. The molecule has 0 saturated carbocycles. The number of nitrogens with zero attached hydrogens (tertiary/aromatic N) is 2. The summed E-state index contributed by atoms with van der Waals surface area (Å²) < 4.78 is 2.05. The van der Waals surface area contributed by atoms with Crippen LogP contribution in [0.5, 0.6) is 0 Å². The second-order valence-corrected chi connectivity index (χ2v) is 3.59. The first kappa shape index (κ1) is 9.30. The zero-order valence-electron chi connectivity index (χ0n) is 8.46. The third kappa shape index (κ3) is 1.87. The Morgan fingerprint density at radius 2 is 2.17 bits per heavy atom. The second-order valence-electron chi connectivity index (χ2n) is 3.59. The topological polar surface area (TPSA) is 17.8 Å². The molecule has 1 heterocycles. The number of aromatic nitrogens is 2. The summed E-state index contributed by atoms with van der Waals surface area (Å²) in [5.41, 5.74) is 2.56. The van der Waals surface area contributed by atoms with E-state index in [1.165, 1.54) is 11.3 Å². The zero-order chi connectivity index (χ0) is 9.14. The molecular formula is C10H18N2. The highest BCUT2D eigenvalue weighted by molar-refractivity contribution is 5.18. The Bertz CT molecular complexity index is 248. The van der Waals surface area contributed by atoms with Crippen LogP contribution in [0.25, 0.3) is 0 Å². The van der Waals surface area contributed by atoms with E-state index in [-0.39, 0.29) is 0 Å². The molecule has 0 fully saturated rings. The van der Waals surface area contributed by atoms with Gasteiger partial charge in [-0.05, 0) is 24.8 Å². The molecule has 1 aromatic rings. The van der Waals surface area contributed by atoms with Gasteiger partial charge < -0.3 is 0 Å². The first-order valence-electron chi connectivity index (χ1n) is 4.69. The minimum atomic E-state index is 0.593. The Balaban J connectivity index is 2.85. The predicted molar refractivity (Wildman–Crippen MR) is 51.3 cm³/mol. The van der Waals surface area contributed by atoms with Crippen LogP contribution in [-0.4, -0.2) is 9.78 Å². The van der Waals surface area contributed by atoms with E-state index in [1.807, 2.05) is 4.68 Å². The maximum Gasteiger partial charge on any atom is 0.0628 e. The molecular weight excluding hydrogens is 148 g/mol. The lowest BCUT2D eigenvalue weighted by molar-refractivity contribution is 0.598. The highest BCUT2D eigenvalue weighted by Gasteiger charge is 2.07. The second kappa shape index (κ2) is 3.74. The van der Waals surface area contributed by atoms with Gasteiger partial charge in [-0.1, -0.05) is 20.8 Å². The maximum atomic E-state index is 4.44. The summed E-state index contributed by atoms with van der Waals surface area (Å²) in [6.45, 7) is 9.71. The summed E-state index contributed by atoms with van der Waals surface area (Å²) in [4.78, 5) is 0. The molecule has 0 saturated heterocycles. The fraction of sp³-hybridized carbons (Fsp3) is 0.700. The fourth-order valence-electron chi connectivity index (χ4n) is 1.44. The van der Waals surface area contributed by atoms with Gasteiger partial charge in [0.2, 0.25) is 0 Å². The molecule has 2 heteroatoms. The van der Waals surface area contributed by atoms with Gasteiger partial charge in [-0.15, -0.1) is 0 Å². The summed E-state index contributed by atoms with van der Waals surface area (Å²) in [5, 5.41) is 4.44. The Labute approximate surface area is 74.6 Å². The Hall–Kier alpha value is -0.790. The molecule has 0 aliphatic rings.